The Bertz CT molecular complexity index is 1010. The summed E-state index contributed by atoms with van der Waals surface area (Å²) in [6.45, 7) is 9.10. The van der Waals surface area contributed by atoms with Crippen molar-refractivity contribution < 1.29 is 14.3 Å². The topological polar surface area (TPSA) is 73.6 Å². The molecule has 0 amide bonds. The van der Waals surface area contributed by atoms with Crippen molar-refractivity contribution >= 4 is 17.2 Å². The predicted octanol–water partition coefficient (Wildman–Crippen LogP) is 4.92. The number of carbonyl (C=O) groups is 1. The number of piperidine rings is 1. The Hall–Kier alpha value is -2.73. The van der Waals surface area contributed by atoms with Crippen LogP contribution < -0.4 is 11.1 Å². The van der Waals surface area contributed by atoms with E-state index in [2.05, 4.69) is 76.8 Å². The summed E-state index contributed by atoms with van der Waals surface area (Å²) >= 11 is 0. The zero-order valence-electron chi connectivity index (χ0n) is 19.9. The van der Waals surface area contributed by atoms with Gasteiger partial charge < -0.3 is 20.5 Å². The van der Waals surface area contributed by atoms with Crippen molar-refractivity contribution in [1.82, 2.24) is 5.32 Å². The van der Waals surface area contributed by atoms with Gasteiger partial charge >= 0.3 is 0 Å². The molecular formula is C28H36N2O3. The molecule has 5 nitrogen and oxygen atoms in total. The van der Waals surface area contributed by atoms with Crippen LogP contribution in [0, 0.1) is 0 Å². The molecule has 3 N–H and O–H groups in total. The number of carbonyl (C=O) groups excluding carboxylic acids is 1. The lowest BCUT2D eigenvalue weighted by Crippen LogP contribution is -2.40. The maximum absolute atomic E-state index is 9.60. The predicted molar refractivity (Wildman–Crippen MR) is 134 cm³/mol. The summed E-state index contributed by atoms with van der Waals surface area (Å²) in [5.74, 6) is 0.434. The van der Waals surface area contributed by atoms with Crippen LogP contribution in [0.5, 0.6) is 0 Å². The second-order valence-corrected chi connectivity index (χ2v) is 9.40. The second kappa shape index (κ2) is 11.9. The summed E-state index contributed by atoms with van der Waals surface area (Å²) in [5.41, 5.74) is 9.16. The minimum atomic E-state index is -0.318. The first-order valence-corrected chi connectivity index (χ1v) is 11.6. The van der Waals surface area contributed by atoms with E-state index in [1.807, 2.05) is 20.8 Å². The van der Waals surface area contributed by atoms with Crippen molar-refractivity contribution in [2.75, 3.05) is 13.1 Å². The molecule has 1 aliphatic rings. The van der Waals surface area contributed by atoms with Crippen LogP contribution in [0.15, 0.2) is 66.7 Å². The van der Waals surface area contributed by atoms with Crippen molar-refractivity contribution in [1.29, 1.82) is 0 Å². The molecule has 1 saturated heterocycles. The molecule has 1 fully saturated rings. The minimum Gasteiger partial charge on any atom is -0.462 e. The monoisotopic (exact) mass is 448 g/mol. The van der Waals surface area contributed by atoms with E-state index >= 15 is 0 Å². The van der Waals surface area contributed by atoms with Crippen LogP contribution in [-0.4, -0.2) is 31.3 Å². The van der Waals surface area contributed by atoms with Crippen LogP contribution in [0.1, 0.15) is 49.8 Å². The van der Waals surface area contributed by atoms with Gasteiger partial charge in [-0.3, -0.25) is 4.79 Å². The summed E-state index contributed by atoms with van der Waals surface area (Å²) in [4.78, 5) is 9.60. The summed E-state index contributed by atoms with van der Waals surface area (Å²) < 4.78 is 10.9. The fourth-order valence-electron chi connectivity index (χ4n) is 3.96. The maximum Gasteiger partial charge on any atom is 0.293 e. The van der Waals surface area contributed by atoms with Gasteiger partial charge in [0.05, 0.1) is 12.7 Å². The molecule has 0 aliphatic carbocycles. The van der Waals surface area contributed by atoms with Gasteiger partial charge in [-0.05, 0) is 67.3 Å². The van der Waals surface area contributed by atoms with Gasteiger partial charge in [-0.1, -0.05) is 60.7 Å². The molecule has 4 rings (SSSR count). The number of hydrogen-bond donors (Lipinski definition) is 2. The molecule has 176 valence electrons. The second-order valence-electron chi connectivity index (χ2n) is 9.40. The standard InChI is InChI=1S/C23H26N2O.C5H10O2/c24-14-17-5-9-20(10-6-17)22-11-12-25-15-23(22)26-16-18-7-8-19-3-1-2-4-21(19)13-18;1-5(2,3)7-4-6/h1-10,13,22-23,25H,11-12,14-16,24H2;4H,1-3H3. The van der Waals surface area contributed by atoms with Crippen LogP contribution in [0.2, 0.25) is 0 Å². The van der Waals surface area contributed by atoms with Crippen molar-refractivity contribution in [3.05, 3.63) is 83.4 Å². The fraction of sp³-hybridized carbons (Fsp3) is 0.393. The van der Waals surface area contributed by atoms with E-state index in [-0.39, 0.29) is 11.7 Å². The fourth-order valence-corrected chi connectivity index (χ4v) is 3.96. The molecule has 5 heteroatoms. The first-order valence-electron chi connectivity index (χ1n) is 11.6. The lowest BCUT2D eigenvalue weighted by atomic mass is 9.87. The molecule has 0 saturated carbocycles. The molecule has 3 aromatic rings. The number of fused-ring (bicyclic) bond motifs is 1. The largest absolute Gasteiger partial charge is 0.462 e. The van der Waals surface area contributed by atoms with Gasteiger partial charge in [-0.2, -0.15) is 0 Å². The van der Waals surface area contributed by atoms with Gasteiger partial charge in [0.25, 0.3) is 6.47 Å². The van der Waals surface area contributed by atoms with Crippen molar-refractivity contribution in [3.63, 3.8) is 0 Å². The number of rotatable bonds is 6. The quantitative estimate of drug-likeness (QED) is 0.524. The highest BCUT2D eigenvalue weighted by atomic mass is 16.5. The number of ether oxygens (including phenoxy) is 2. The van der Waals surface area contributed by atoms with Gasteiger partial charge in [0.2, 0.25) is 0 Å². The van der Waals surface area contributed by atoms with E-state index in [1.165, 1.54) is 27.5 Å². The molecule has 2 unspecified atom stereocenters. The Labute approximate surface area is 197 Å². The Balaban J connectivity index is 0.000000383. The molecule has 0 spiro atoms. The molecule has 1 heterocycles. The molecule has 3 aromatic carbocycles. The smallest absolute Gasteiger partial charge is 0.293 e. The number of benzene rings is 3. The van der Waals surface area contributed by atoms with Crippen LogP contribution >= 0.6 is 0 Å². The van der Waals surface area contributed by atoms with E-state index in [0.717, 1.165) is 19.5 Å². The highest BCUT2D eigenvalue weighted by Crippen LogP contribution is 2.29. The Morgan fingerprint density at radius 2 is 1.70 bits per heavy atom. The average molecular weight is 449 g/mol. The summed E-state index contributed by atoms with van der Waals surface area (Å²) in [6.07, 6.45) is 1.30. The van der Waals surface area contributed by atoms with Crippen LogP contribution in [0.4, 0.5) is 0 Å². The van der Waals surface area contributed by atoms with Crippen molar-refractivity contribution in [3.8, 4) is 0 Å². The summed E-state index contributed by atoms with van der Waals surface area (Å²) in [6, 6.07) is 23.7. The lowest BCUT2D eigenvalue weighted by molar-refractivity contribution is -0.138. The molecule has 0 bridgehead atoms. The minimum absolute atomic E-state index is 0.193. The van der Waals surface area contributed by atoms with Crippen LogP contribution in [-0.2, 0) is 27.4 Å². The zero-order valence-corrected chi connectivity index (χ0v) is 19.9. The van der Waals surface area contributed by atoms with Crippen molar-refractivity contribution in [2.45, 2.75) is 58.0 Å². The lowest BCUT2D eigenvalue weighted by Gasteiger charge is -2.32. The molecule has 33 heavy (non-hydrogen) atoms. The molecule has 0 radical (unpaired) electrons. The number of hydrogen-bond acceptors (Lipinski definition) is 5. The van der Waals surface area contributed by atoms with Gasteiger partial charge in [-0.15, -0.1) is 0 Å². The SMILES string of the molecule is CC(C)(C)OC=O.NCc1ccc(C2CCNCC2OCc2ccc3ccccc3c2)cc1. The molecule has 0 aromatic heterocycles. The summed E-state index contributed by atoms with van der Waals surface area (Å²) in [5, 5.41) is 6.02. The first-order chi connectivity index (χ1) is 15.9. The van der Waals surface area contributed by atoms with E-state index in [1.54, 1.807) is 0 Å². The van der Waals surface area contributed by atoms with Gasteiger partial charge in [0, 0.05) is 19.0 Å². The molecule has 1 aliphatic heterocycles. The third kappa shape index (κ3) is 7.67. The van der Waals surface area contributed by atoms with Gasteiger partial charge in [0.1, 0.15) is 5.60 Å². The zero-order chi connectivity index (χ0) is 23.7. The Morgan fingerprint density at radius 1 is 1.00 bits per heavy atom. The molecular weight excluding hydrogens is 412 g/mol. The van der Waals surface area contributed by atoms with E-state index in [9.17, 15) is 4.79 Å². The van der Waals surface area contributed by atoms with E-state index < -0.39 is 0 Å². The first kappa shape index (κ1) is 24.9. The van der Waals surface area contributed by atoms with E-state index in [4.69, 9.17) is 10.5 Å². The maximum atomic E-state index is 9.60. The van der Waals surface area contributed by atoms with E-state index in [0.29, 0.717) is 25.5 Å². The average Bonchev–Trinajstić information content (AvgIpc) is 2.82. The van der Waals surface area contributed by atoms with Gasteiger partial charge in [-0.25, -0.2) is 0 Å². The number of nitrogens with two attached hydrogens (primary N) is 1. The highest BCUT2D eigenvalue weighted by Gasteiger charge is 2.27. The Morgan fingerprint density at radius 3 is 2.33 bits per heavy atom. The van der Waals surface area contributed by atoms with Crippen LogP contribution in [0.3, 0.4) is 0 Å². The summed E-state index contributed by atoms with van der Waals surface area (Å²) in [7, 11) is 0. The molecule has 2 atom stereocenters. The Kier molecular flexibility index (Phi) is 9.01. The normalized spacial score (nSPS) is 18.3. The highest BCUT2D eigenvalue weighted by molar-refractivity contribution is 5.82. The third-order valence-electron chi connectivity index (χ3n) is 5.75. The third-order valence-corrected chi connectivity index (χ3v) is 5.75. The van der Waals surface area contributed by atoms with Crippen molar-refractivity contribution in [2.24, 2.45) is 5.73 Å². The van der Waals surface area contributed by atoms with Crippen LogP contribution in [0.25, 0.3) is 10.8 Å². The van der Waals surface area contributed by atoms with Gasteiger partial charge in [0.15, 0.2) is 0 Å². The number of nitrogens with one attached hydrogen (secondary N) is 1.